The lowest BCUT2D eigenvalue weighted by atomic mass is 10.00. The molecule has 94 valence electrons. The Morgan fingerprint density at radius 2 is 2.35 bits per heavy atom. The van der Waals surface area contributed by atoms with Crippen LogP contribution in [0.1, 0.15) is 26.7 Å². The zero-order valence-corrected chi connectivity index (χ0v) is 10.4. The fourth-order valence-corrected chi connectivity index (χ4v) is 1.46. The summed E-state index contributed by atoms with van der Waals surface area (Å²) in [7, 11) is 1.50. The normalized spacial score (nSPS) is 13.9. The molecule has 1 aromatic heterocycles. The zero-order chi connectivity index (χ0) is 12.9. The molecule has 1 rings (SSSR count). The van der Waals surface area contributed by atoms with Gasteiger partial charge in [0.05, 0.1) is 7.11 Å². The van der Waals surface area contributed by atoms with Gasteiger partial charge < -0.3 is 15.2 Å². The highest BCUT2D eigenvalue weighted by Gasteiger charge is 2.29. The van der Waals surface area contributed by atoms with Crippen molar-refractivity contribution in [3.63, 3.8) is 0 Å². The monoisotopic (exact) mass is 238 g/mol. The molecule has 1 atom stereocenters. The minimum atomic E-state index is -1.36. The molecular weight excluding hydrogens is 220 g/mol. The molecule has 0 fully saturated rings. The predicted molar refractivity (Wildman–Crippen MR) is 65.0 cm³/mol. The number of amides is 1. The van der Waals surface area contributed by atoms with Crippen LogP contribution < -0.4 is 10.1 Å². The van der Waals surface area contributed by atoms with E-state index in [0.717, 1.165) is 6.42 Å². The molecule has 0 unspecified atom stereocenters. The van der Waals surface area contributed by atoms with Gasteiger partial charge in [-0.2, -0.15) is 0 Å². The van der Waals surface area contributed by atoms with Gasteiger partial charge in [0.1, 0.15) is 5.60 Å². The van der Waals surface area contributed by atoms with Crippen molar-refractivity contribution >= 4 is 11.6 Å². The summed E-state index contributed by atoms with van der Waals surface area (Å²) in [6.45, 7) is 3.42. The molecule has 2 N–H and O–H groups in total. The summed E-state index contributed by atoms with van der Waals surface area (Å²) in [5.74, 6) is -0.00876. The summed E-state index contributed by atoms with van der Waals surface area (Å²) < 4.78 is 4.94. The van der Waals surface area contributed by atoms with Crippen molar-refractivity contribution in [1.82, 2.24) is 4.98 Å². The Morgan fingerprint density at radius 1 is 1.65 bits per heavy atom. The number of anilines is 1. The molecule has 0 saturated carbocycles. The van der Waals surface area contributed by atoms with Crippen LogP contribution >= 0.6 is 0 Å². The van der Waals surface area contributed by atoms with E-state index in [1.165, 1.54) is 20.2 Å². The van der Waals surface area contributed by atoms with Crippen LogP contribution in [0.3, 0.4) is 0 Å². The van der Waals surface area contributed by atoms with Gasteiger partial charge in [-0.25, -0.2) is 4.98 Å². The minimum absolute atomic E-state index is 0.415. The highest BCUT2D eigenvalue weighted by molar-refractivity contribution is 5.96. The molecule has 0 spiro atoms. The molecule has 0 aromatic carbocycles. The topological polar surface area (TPSA) is 71.5 Å². The van der Waals surface area contributed by atoms with Crippen molar-refractivity contribution < 1.29 is 14.6 Å². The Kier molecular flexibility index (Phi) is 4.45. The number of methoxy groups -OCH3 is 1. The molecule has 1 aromatic rings. The third-order valence-electron chi connectivity index (χ3n) is 2.43. The Bertz CT molecular complexity index is 391. The van der Waals surface area contributed by atoms with Gasteiger partial charge in [0.15, 0.2) is 0 Å². The molecule has 0 aliphatic rings. The maximum Gasteiger partial charge on any atom is 0.256 e. The van der Waals surface area contributed by atoms with Gasteiger partial charge in [0, 0.05) is 18.0 Å². The summed E-state index contributed by atoms with van der Waals surface area (Å²) in [6.07, 6.45) is 2.68. The number of nitrogens with one attached hydrogen (secondary N) is 1. The first-order valence-corrected chi connectivity index (χ1v) is 5.53. The molecule has 5 heteroatoms. The lowest BCUT2D eigenvalue weighted by Gasteiger charge is -2.21. The number of ether oxygens (including phenoxy) is 1. The molecule has 0 aliphatic heterocycles. The van der Waals surface area contributed by atoms with E-state index in [1.54, 1.807) is 12.1 Å². The quantitative estimate of drug-likeness (QED) is 0.817. The van der Waals surface area contributed by atoms with Crippen LogP contribution in [0.25, 0.3) is 0 Å². The average molecular weight is 238 g/mol. The Hall–Kier alpha value is -1.62. The number of aromatic nitrogens is 1. The van der Waals surface area contributed by atoms with Crippen LogP contribution in [0.2, 0.25) is 0 Å². The number of pyridine rings is 1. The van der Waals surface area contributed by atoms with Crippen LogP contribution in [0, 0.1) is 0 Å². The van der Waals surface area contributed by atoms with E-state index in [-0.39, 0.29) is 0 Å². The number of nitrogens with zero attached hydrogens (tertiary/aromatic N) is 1. The van der Waals surface area contributed by atoms with Crippen LogP contribution in [0.5, 0.6) is 5.88 Å². The Labute approximate surface area is 101 Å². The van der Waals surface area contributed by atoms with Crippen molar-refractivity contribution in [3.8, 4) is 5.88 Å². The predicted octanol–water partition coefficient (Wildman–Crippen LogP) is 1.58. The number of hydrogen-bond donors (Lipinski definition) is 2. The van der Waals surface area contributed by atoms with Crippen molar-refractivity contribution in [2.75, 3.05) is 12.4 Å². The SMILES string of the molecule is CCC[C@@](C)(O)C(=O)Nc1ccnc(OC)c1. The number of carbonyl (C=O) groups is 1. The van der Waals surface area contributed by atoms with Crippen LogP contribution in [-0.4, -0.2) is 28.7 Å². The van der Waals surface area contributed by atoms with Crippen LogP contribution in [0.4, 0.5) is 5.69 Å². The van der Waals surface area contributed by atoms with Crippen LogP contribution in [0.15, 0.2) is 18.3 Å². The van der Waals surface area contributed by atoms with E-state index >= 15 is 0 Å². The number of rotatable bonds is 5. The summed E-state index contributed by atoms with van der Waals surface area (Å²) in [6, 6.07) is 3.24. The van der Waals surface area contributed by atoms with E-state index < -0.39 is 11.5 Å². The standard InChI is InChI=1S/C12H18N2O3/c1-4-6-12(2,16)11(15)14-9-5-7-13-10(8-9)17-3/h5,7-8,16H,4,6H2,1-3H3,(H,13,14,15)/t12-/m1/s1. The van der Waals surface area contributed by atoms with Gasteiger partial charge in [0.25, 0.3) is 5.91 Å². The summed E-state index contributed by atoms with van der Waals surface area (Å²) in [4.78, 5) is 15.7. The average Bonchev–Trinajstić information content (AvgIpc) is 2.29. The van der Waals surface area contributed by atoms with Gasteiger partial charge in [0.2, 0.25) is 5.88 Å². The van der Waals surface area contributed by atoms with E-state index in [4.69, 9.17) is 4.74 Å². The molecular formula is C12H18N2O3. The molecule has 1 amide bonds. The largest absolute Gasteiger partial charge is 0.481 e. The van der Waals surface area contributed by atoms with Gasteiger partial charge in [-0.15, -0.1) is 0 Å². The minimum Gasteiger partial charge on any atom is -0.481 e. The molecule has 0 radical (unpaired) electrons. The lowest BCUT2D eigenvalue weighted by molar-refractivity contribution is -0.133. The lowest BCUT2D eigenvalue weighted by Crippen LogP contribution is -2.39. The summed E-state index contributed by atoms with van der Waals surface area (Å²) in [5, 5.41) is 12.5. The van der Waals surface area contributed by atoms with E-state index in [0.29, 0.717) is 18.0 Å². The maximum atomic E-state index is 11.8. The Balaban J connectivity index is 2.73. The van der Waals surface area contributed by atoms with Crippen molar-refractivity contribution in [2.24, 2.45) is 0 Å². The van der Waals surface area contributed by atoms with Gasteiger partial charge in [-0.3, -0.25) is 4.79 Å². The van der Waals surface area contributed by atoms with Gasteiger partial charge in [-0.1, -0.05) is 13.3 Å². The van der Waals surface area contributed by atoms with Gasteiger partial charge in [-0.05, 0) is 19.4 Å². The second-order valence-corrected chi connectivity index (χ2v) is 4.06. The first-order chi connectivity index (χ1) is 7.99. The summed E-state index contributed by atoms with van der Waals surface area (Å²) >= 11 is 0. The first-order valence-electron chi connectivity index (χ1n) is 5.53. The van der Waals surface area contributed by atoms with E-state index in [1.807, 2.05) is 6.92 Å². The van der Waals surface area contributed by atoms with Crippen molar-refractivity contribution in [3.05, 3.63) is 18.3 Å². The molecule has 0 aliphatic carbocycles. The van der Waals surface area contributed by atoms with E-state index in [9.17, 15) is 9.90 Å². The molecule has 1 heterocycles. The summed E-state index contributed by atoms with van der Waals surface area (Å²) in [5.41, 5.74) is -0.802. The fraction of sp³-hybridized carbons (Fsp3) is 0.500. The van der Waals surface area contributed by atoms with Crippen LogP contribution in [-0.2, 0) is 4.79 Å². The molecule has 5 nitrogen and oxygen atoms in total. The third-order valence-corrected chi connectivity index (χ3v) is 2.43. The molecule has 0 saturated heterocycles. The van der Waals surface area contributed by atoms with Gasteiger partial charge >= 0.3 is 0 Å². The highest BCUT2D eigenvalue weighted by Crippen LogP contribution is 2.18. The Morgan fingerprint density at radius 3 is 2.94 bits per heavy atom. The van der Waals surface area contributed by atoms with Crippen molar-refractivity contribution in [2.45, 2.75) is 32.3 Å². The third kappa shape index (κ3) is 3.71. The van der Waals surface area contributed by atoms with E-state index in [2.05, 4.69) is 10.3 Å². The maximum absolute atomic E-state index is 11.8. The number of aliphatic hydroxyl groups is 1. The highest BCUT2D eigenvalue weighted by atomic mass is 16.5. The number of carbonyl (C=O) groups excluding carboxylic acids is 1. The number of hydrogen-bond acceptors (Lipinski definition) is 4. The zero-order valence-electron chi connectivity index (χ0n) is 10.4. The molecule has 17 heavy (non-hydrogen) atoms. The fourth-order valence-electron chi connectivity index (χ4n) is 1.46. The second kappa shape index (κ2) is 5.63. The smallest absolute Gasteiger partial charge is 0.256 e. The first kappa shape index (κ1) is 13.4. The molecule has 0 bridgehead atoms. The van der Waals surface area contributed by atoms with Crippen molar-refractivity contribution in [1.29, 1.82) is 0 Å². The second-order valence-electron chi connectivity index (χ2n) is 4.06.